The number of benzene rings is 1. The van der Waals surface area contributed by atoms with Crippen molar-refractivity contribution in [3.63, 3.8) is 0 Å². The summed E-state index contributed by atoms with van der Waals surface area (Å²) >= 11 is 0. The molecule has 0 atom stereocenters. The molecule has 1 heterocycles. The second kappa shape index (κ2) is 6.37. The molecule has 4 N–H and O–H groups in total. The molecule has 0 saturated carbocycles. The van der Waals surface area contributed by atoms with Gasteiger partial charge in [-0.2, -0.15) is 0 Å². The maximum atomic E-state index is 5.57. The molecule has 0 aliphatic rings. The van der Waals surface area contributed by atoms with E-state index < -0.39 is 0 Å². The number of hydrogen-bond acceptors (Lipinski definition) is 7. The highest BCUT2D eigenvalue weighted by atomic mass is 16.6. The Labute approximate surface area is 116 Å². The highest BCUT2D eigenvalue weighted by Crippen LogP contribution is 2.24. The van der Waals surface area contributed by atoms with Crippen LogP contribution in [-0.4, -0.2) is 30.1 Å². The molecule has 7 nitrogen and oxygen atoms in total. The van der Waals surface area contributed by atoms with E-state index in [1.54, 1.807) is 0 Å². The zero-order chi connectivity index (χ0) is 14.4. The highest BCUT2D eigenvalue weighted by molar-refractivity contribution is 5.86. The Kier molecular flexibility index (Phi) is 4.33. The van der Waals surface area contributed by atoms with Gasteiger partial charge in [-0.05, 0) is 22.4 Å². The van der Waals surface area contributed by atoms with Gasteiger partial charge < -0.3 is 16.4 Å². The lowest BCUT2D eigenvalue weighted by molar-refractivity contribution is 0.308. The Bertz CT molecular complexity index is 619. The first-order valence-electron chi connectivity index (χ1n) is 6.01. The molecule has 2 aromatic rings. The SMILES string of the molecule is C=C(CNc1ccccc1N=Cc1nonc1N)NC. The van der Waals surface area contributed by atoms with Gasteiger partial charge in [0.15, 0.2) is 11.5 Å². The van der Waals surface area contributed by atoms with Gasteiger partial charge >= 0.3 is 0 Å². The molecule has 1 aromatic heterocycles. The van der Waals surface area contributed by atoms with E-state index in [-0.39, 0.29) is 5.82 Å². The first-order valence-corrected chi connectivity index (χ1v) is 6.01. The summed E-state index contributed by atoms with van der Waals surface area (Å²) in [6, 6.07) is 7.63. The maximum absolute atomic E-state index is 5.57. The minimum atomic E-state index is 0.211. The third kappa shape index (κ3) is 3.35. The van der Waals surface area contributed by atoms with Crippen LogP contribution in [0.15, 0.2) is 46.2 Å². The average Bonchev–Trinajstić information content (AvgIpc) is 2.88. The molecule has 7 heteroatoms. The molecule has 104 valence electrons. The first-order chi connectivity index (χ1) is 9.70. The summed E-state index contributed by atoms with van der Waals surface area (Å²) in [5, 5.41) is 13.3. The average molecular weight is 272 g/mol. The molecule has 0 saturated heterocycles. The lowest BCUT2D eigenvalue weighted by Crippen LogP contribution is -2.14. The smallest absolute Gasteiger partial charge is 0.197 e. The van der Waals surface area contributed by atoms with Gasteiger partial charge in [0.1, 0.15) is 0 Å². The van der Waals surface area contributed by atoms with Crippen molar-refractivity contribution >= 4 is 23.4 Å². The minimum Gasteiger partial charge on any atom is -0.390 e. The molecule has 0 fully saturated rings. The van der Waals surface area contributed by atoms with Gasteiger partial charge in [-0.3, -0.25) is 4.99 Å². The van der Waals surface area contributed by atoms with Crippen LogP contribution in [0, 0.1) is 0 Å². The summed E-state index contributed by atoms with van der Waals surface area (Å²) in [6.07, 6.45) is 1.51. The number of nitrogens with one attached hydrogen (secondary N) is 2. The quantitative estimate of drug-likeness (QED) is 0.690. The summed E-state index contributed by atoms with van der Waals surface area (Å²) in [7, 11) is 1.83. The van der Waals surface area contributed by atoms with E-state index in [0.717, 1.165) is 17.1 Å². The summed E-state index contributed by atoms with van der Waals surface area (Å²) < 4.78 is 4.51. The van der Waals surface area contributed by atoms with Gasteiger partial charge in [-0.25, -0.2) is 4.63 Å². The van der Waals surface area contributed by atoms with Crippen LogP contribution in [0.5, 0.6) is 0 Å². The molecular formula is C13H16N6O. The normalized spacial score (nSPS) is 10.7. The molecule has 20 heavy (non-hydrogen) atoms. The van der Waals surface area contributed by atoms with Crippen molar-refractivity contribution < 1.29 is 4.63 Å². The lowest BCUT2D eigenvalue weighted by Gasteiger charge is -2.10. The fraction of sp³-hybridized carbons (Fsp3) is 0.154. The Morgan fingerprint density at radius 2 is 2.25 bits per heavy atom. The number of aliphatic imine (C=N–C) groups is 1. The largest absolute Gasteiger partial charge is 0.390 e. The van der Waals surface area contributed by atoms with E-state index in [2.05, 4.69) is 37.1 Å². The number of aromatic nitrogens is 2. The van der Waals surface area contributed by atoms with Gasteiger partial charge in [0, 0.05) is 12.7 Å². The number of anilines is 2. The van der Waals surface area contributed by atoms with Crippen molar-refractivity contribution in [1.29, 1.82) is 0 Å². The monoisotopic (exact) mass is 272 g/mol. The van der Waals surface area contributed by atoms with Gasteiger partial charge in [0.05, 0.1) is 24.1 Å². The van der Waals surface area contributed by atoms with Crippen LogP contribution >= 0.6 is 0 Å². The van der Waals surface area contributed by atoms with Crippen LogP contribution in [0.25, 0.3) is 0 Å². The zero-order valence-electron chi connectivity index (χ0n) is 11.1. The van der Waals surface area contributed by atoms with Crippen molar-refractivity contribution in [2.24, 2.45) is 4.99 Å². The Morgan fingerprint density at radius 1 is 1.45 bits per heavy atom. The van der Waals surface area contributed by atoms with E-state index in [4.69, 9.17) is 5.73 Å². The van der Waals surface area contributed by atoms with Crippen LogP contribution in [0.1, 0.15) is 5.69 Å². The van der Waals surface area contributed by atoms with Crippen LogP contribution in [0.2, 0.25) is 0 Å². The van der Waals surface area contributed by atoms with Crippen molar-refractivity contribution in [3.8, 4) is 0 Å². The predicted octanol–water partition coefficient (Wildman–Crippen LogP) is 1.55. The van der Waals surface area contributed by atoms with Crippen molar-refractivity contribution in [1.82, 2.24) is 15.6 Å². The molecule has 0 radical (unpaired) electrons. The summed E-state index contributed by atoms with van der Waals surface area (Å²) in [5.74, 6) is 0.211. The molecule has 0 aliphatic carbocycles. The van der Waals surface area contributed by atoms with Gasteiger partial charge in [0.25, 0.3) is 0 Å². The summed E-state index contributed by atoms with van der Waals surface area (Å²) in [6.45, 7) is 4.46. The molecular weight excluding hydrogens is 256 g/mol. The standard InChI is InChI=1S/C13H16N6O/c1-9(15-2)7-16-10-5-3-4-6-11(10)17-8-12-13(14)19-20-18-12/h3-6,8,15-16H,1,7H2,2H3,(H2,14,19). The van der Waals surface area contributed by atoms with Crippen LogP contribution in [-0.2, 0) is 0 Å². The fourth-order valence-electron chi connectivity index (χ4n) is 1.45. The third-order valence-corrected chi connectivity index (χ3v) is 2.62. The number of nitrogens with two attached hydrogens (primary N) is 1. The molecule has 0 amide bonds. The van der Waals surface area contributed by atoms with Crippen LogP contribution in [0.4, 0.5) is 17.2 Å². The van der Waals surface area contributed by atoms with E-state index in [1.807, 2.05) is 31.3 Å². The highest BCUT2D eigenvalue weighted by Gasteiger charge is 2.03. The minimum absolute atomic E-state index is 0.211. The van der Waals surface area contributed by atoms with Gasteiger partial charge in [-0.15, -0.1) is 0 Å². The van der Waals surface area contributed by atoms with E-state index in [0.29, 0.717) is 12.2 Å². The predicted molar refractivity (Wildman–Crippen MR) is 79.1 cm³/mol. The van der Waals surface area contributed by atoms with E-state index in [1.165, 1.54) is 6.21 Å². The lowest BCUT2D eigenvalue weighted by atomic mass is 10.2. The Hall–Kier alpha value is -2.83. The van der Waals surface area contributed by atoms with Gasteiger partial charge in [0.2, 0.25) is 0 Å². The molecule has 1 aromatic carbocycles. The number of para-hydroxylation sites is 2. The second-order valence-corrected chi connectivity index (χ2v) is 4.02. The first kappa shape index (κ1) is 13.6. The molecule has 0 bridgehead atoms. The topological polar surface area (TPSA) is 101 Å². The number of rotatable bonds is 6. The number of hydrogen-bond donors (Lipinski definition) is 3. The molecule has 0 aliphatic heterocycles. The number of nitrogen functional groups attached to an aromatic ring is 1. The van der Waals surface area contributed by atoms with Gasteiger partial charge in [-0.1, -0.05) is 18.7 Å². The number of likely N-dealkylation sites (N-methyl/N-ethyl adjacent to an activating group) is 1. The Morgan fingerprint density at radius 3 is 2.95 bits per heavy atom. The summed E-state index contributed by atoms with van der Waals surface area (Å²) in [5.41, 5.74) is 8.50. The summed E-state index contributed by atoms with van der Waals surface area (Å²) in [4.78, 5) is 4.33. The van der Waals surface area contributed by atoms with Crippen LogP contribution in [0.3, 0.4) is 0 Å². The fourth-order valence-corrected chi connectivity index (χ4v) is 1.45. The zero-order valence-corrected chi connectivity index (χ0v) is 11.1. The second-order valence-electron chi connectivity index (χ2n) is 4.02. The molecule has 0 spiro atoms. The third-order valence-electron chi connectivity index (χ3n) is 2.62. The van der Waals surface area contributed by atoms with Crippen LogP contribution < -0.4 is 16.4 Å². The van der Waals surface area contributed by atoms with E-state index in [9.17, 15) is 0 Å². The van der Waals surface area contributed by atoms with Crippen molar-refractivity contribution in [3.05, 3.63) is 42.2 Å². The molecule has 2 rings (SSSR count). The Balaban J connectivity index is 2.13. The maximum Gasteiger partial charge on any atom is 0.197 e. The van der Waals surface area contributed by atoms with Crippen molar-refractivity contribution in [2.45, 2.75) is 0 Å². The van der Waals surface area contributed by atoms with E-state index >= 15 is 0 Å². The molecule has 0 unspecified atom stereocenters. The number of nitrogens with zero attached hydrogens (tertiary/aromatic N) is 3. The van der Waals surface area contributed by atoms with Crippen molar-refractivity contribution in [2.75, 3.05) is 24.6 Å².